The van der Waals surface area contributed by atoms with Crippen LogP contribution in [-0.4, -0.2) is 37.0 Å². The number of piperazine rings is 1. The van der Waals surface area contributed by atoms with Gasteiger partial charge in [0, 0.05) is 37.4 Å². The van der Waals surface area contributed by atoms with Crippen LogP contribution in [0.4, 0.5) is 5.69 Å². The van der Waals surface area contributed by atoms with Crippen molar-refractivity contribution in [3.8, 4) is 11.5 Å². The summed E-state index contributed by atoms with van der Waals surface area (Å²) in [6.45, 7) is 3.13. The number of hydrogen-bond acceptors (Lipinski definition) is 3. The monoisotopic (exact) mass is 358 g/mol. The van der Waals surface area contributed by atoms with Crippen LogP contribution in [0.25, 0.3) is 0 Å². The maximum absolute atomic E-state index is 12.9. The maximum Gasteiger partial charge on any atom is 0.254 e. The lowest BCUT2D eigenvalue weighted by molar-refractivity contribution is 0.0746. The van der Waals surface area contributed by atoms with Crippen molar-refractivity contribution < 1.29 is 9.53 Å². The molecular weight excluding hydrogens is 336 g/mol. The second-order valence-electron chi connectivity index (χ2n) is 6.56. The summed E-state index contributed by atoms with van der Waals surface area (Å²) in [6.07, 6.45) is 0. The Morgan fingerprint density at radius 1 is 0.704 bits per heavy atom. The Kier molecular flexibility index (Phi) is 5.06. The van der Waals surface area contributed by atoms with Crippen LogP contribution >= 0.6 is 0 Å². The number of para-hydroxylation sites is 2. The average Bonchev–Trinajstić information content (AvgIpc) is 2.75. The van der Waals surface area contributed by atoms with Crippen LogP contribution in [0.15, 0.2) is 84.9 Å². The van der Waals surface area contributed by atoms with E-state index in [-0.39, 0.29) is 5.91 Å². The van der Waals surface area contributed by atoms with Crippen molar-refractivity contribution >= 4 is 11.6 Å². The lowest BCUT2D eigenvalue weighted by atomic mass is 10.1. The molecule has 3 aromatic carbocycles. The van der Waals surface area contributed by atoms with Crippen LogP contribution < -0.4 is 9.64 Å². The van der Waals surface area contributed by atoms with Crippen molar-refractivity contribution in [2.75, 3.05) is 31.1 Å². The van der Waals surface area contributed by atoms with Gasteiger partial charge < -0.3 is 14.5 Å². The smallest absolute Gasteiger partial charge is 0.254 e. The minimum absolute atomic E-state index is 0.0567. The molecule has 1 amide bonds. The van der Waals surface area contributed by atoms with Crippen LogP contribution in [-0.2, 0) is 0 Å². The topological polar surface area (TPSA) is 32.8 Å². The van der Waals surface area contributed by atoms with E-state index >= 15 is 0 Å². The van der Waals surface area contributed by atoms with Gasteiger partial charge >= 0.3 is 0 Å². The van der Waals surface area contributed by atoms with E-state index in [9.17, 15) is 4.79 Å². The first-order chi connectivity index (χ1) is 13.3. The van der Waals surface area contributed by atoms with Gasteiger partial charge in [0.15, 0.2) is 0 Å². The third kappa shape index (κ3) is 4.11. The van der Waals surface area contributed by atoms with Gasteiger partial charge in [-0.25, -0.2) is 0 Å². The van der Waals surface area contributed by atoms with E-state index < -0.39 is 0 Å². The van der Waals surface area contributed by atoms with E-state index in [0.717, 1.165) is 31.9 Å². The number of rotatable bonds is 4. The highest BCUT2D eigenvalue weighted by atomic mass is 16.5. The van der Waals surface area contributed by atoms with Gasteiger partial charge in [0.1, 0.15) is 11.5 Å². The molecule has 1 heterocycles. The Morgan fingerprint density at radius 3 is 2.04 bits per heavy atom. The van der Waals surface area contributed by atoms with E-state index in [1.807, 2.05) is 77.7 Å². The molecule has 4 nitrogen and oxygen atoms in total. The fourth-order valence-corrected chi connectivity index (χ4v) is 3.31. The molecule has 0 bridgehead atoms. The lowest BCUT2D eigenvalue weighted by Gasteiger charge is -2.36. The molecule has 3 aromatic rings. The predicted octanol–water partition coefficient (Wildman–Crippen LogP) is 4.44. The fraction of sp³-hybridized carbons (Fsp3) is 0.174. The molecule has 1 aliphatic heterocycles. The Hall–Kier alpha value is -3.27. The molecular formula is C23H22N2O2. The highest BCUT2D eigenvalue weighted by Gasteiger charge is 2.22. The van der Waals surface area contributed by atoms with Gasteiger partial charge in [-0.05, 0) is 42.5 Å². The largest absolute Gasteiger partial charge is 0.457 e. The van der Waals surface area contributed by atoms with Gasteiger partial charge in [0.05, 0.1) is 0 Å². The van der Waals surface area contributed by atoms with Crippen LogP contribution in [0.3, 0.4) is 0 Å². The molecule has 4 rings (SSSR count). The number of benzene rings is 3. The maximum atomic E-state index is 12.9. The second-order valence-corrected chi connectivity index (χ2v) is 6.56. The Bertz CT molecular complexity index is 889. The average molecular weight is 358 g/mol. The Morgan fingerprint density at radius 2 is 1.33 bits per heavy atom. The highest BCUT2D eigenvalue weighted by Crippen LogP contribution is 2.23. The van der Waals surface area contributed by atoms with Crippen molar-refractivity contribution in [3.05, 3.63) is 90.5 Å². The molecule has 0 radical (unpaired) electrons. The number of amides is 1. The first kappa shape index (κ1) is 17.2. The van der Waals surface area contributed by atoms with E-state index in [0.29, 0.717) is 11.3 Å². The summed E-state index contributed by atoms with van der Waals surface area (Å²) in [6, 6.07) is 27.4. The predicted molar refractivity (Wildman–Crippen MR) is 108 cm³/mol. The lowest BCUT2D eigenvalue weighted by Crippen LogP contribution is -2.48. The van der Waals surface area contributed by atoms with Crippen molar-refractivity contribution in [3.63, 3.8) is 0 Å². The van der Waals surface area contributed by atoms with Gasteiger partial charge in [-0.2, -0.15) is 0 Å². The second kappa shape index (κ2) is 7.96. The zero-order chi connectivity index (χ0) is 18.5. The standard InChI is InChI=1S/C23H22N2O2/c26-23(25-16-14-24(15-17-25)20-9-3-1-4-10-20)19-8-7-13-22(18-19)27-21-11-5-2-6-12-21/h1-13,18H,14-17H2. The van der Waals surface area contributed by atoms with E-state index in [1.54, 1.807) is 0 Å². The number of ether oxygens (including phenoxy) is 1. The third-order valence-corrected chi connectivity index (χ3v) is 4.75. The molecule has 0 unspecified atom stereocenters. The van der Waals surface area contributed by atoms with Crippen LogP contribution in [0.1, 0.15) is 10.4 Å². The summed E-state index contributed by atoms with van der Waals surface area (Å²) in [7, 11) is 0. The summed E-state index contributed by atoms with van der Waals surface area (Å²) in [5.74, 6) is 1.50. The van der Waals surface area contributed by atoms with Gasteiger partial charge in [-0.1, -0.05) is 42.5 Å². The molecule has 1 fully saturated rings. The summed E-state index contributed by atoms with van der Waals surface area (Å²) < 4.78 is 5.85. The summed E-state index contributed by atoms with van der Waals surface area (Å²) in [5, 5.41) is 0. The molecule has 0 aliphatic carbocycles. The first-order valence-corrected chi connectivity index (χ1v) is 9.22. The Balaban J connectivity index is 1.41. The van der Waals surface area contributed by atoms with E-state index in [2.05, 4.69) is 17.0 Å². The zero-order valence-corrected chi connectivity index (χ0v) is 15.1. The zero-order valence-electron chi connectivity index (χ0n) is 15.1. The molecule has 1 saturated heterocycles. The van der Waals surface area contributed by atoms with Crippen molar-refractivity contribution in [2.24, 2.45) is 0 Å². The molecule has 0 N–H and O–H groups in total. The molecule has 136 valence electrons. The summed E-state index contributed by atoms with van der Waals surface area (Å²) in [5.41, 5.74) is 1.87. The normalized spacial score (nSPS) is 14.1. The fourth-order valence-electron chi connectivity index (χ4n) is 3.31. The van der Waals surface area contributed by atoms with E-state index in [4.69, 9.17) is 4.74 Å². The molecule has 1 aliphatic rings. The minimum Gasteiger partial charge on any atom is -0.457 e. The quantitative estimate of drug-likeness (QED) is 0.691. The third-order valence-electron chi connectivity index (χ3n) is 4.75. The molecule has 0 spiro atoms. The minimum atomic E-state index is 0.0567. The van der Waals surface area contributed by atoms with Crippen LogP contribution in [0.5, 0.6) is 11.5 Å². The number of carbonyl (C=O) groups excluding carboxylic acids is 1. The van der Waals surface area contributed by atoms with Gasteiger partial charge in [0.25, 0.3) is 5.91 Å². The highest BCUT2D eigenvalue weighted by molar-refractivity contribution is 5.94. The summed E-state index contributed by atoms with van der Waals surface area (Å²) >= 11 is 0. The van der Waals surface area contributed by atoms with E-state index in [1.165, 1.54) is 5.69 Å². The molecule has 0 aromatic heterocycles. The van der Waals surface area contributed by atoms with Crippen molar-refractivity contribution in [2.45, 2.75) is 0 Å². The summed E-state index contributed by atoms with van der Waals surface area (Å²) in [4.78, 5) is 17.1. The number of hydrogen-bond donors (Lipinski definition) is 0. The van der Waals surface area contributed by atoms with Gasteiger partial charge in [0.2, 0.25) is 0 Å². The van der Waals surface area contributed by atoms with Crippen LogP contribution in [0.2, 0.25) is 0 Å². The number of nitrogens with zero attached hydrogens (tertiary/aromatic N) is 2. The molecule has 4 heteroatoms. The van der Waals surface area contributed by atoms with Crippen molar-refractivity contribution in [1.82, 2.24) is 4.90 Å². The Labute approximate surface area is 159 Å². The van der Waals surface area contributed by atoms with Gasteiger partial charge in [-0.15, -0.1) is 0 Å². The molecule has 27 heavy (non-hydrogen) atoms. The molecule has 0 atom stereocenters. The number of carbonyl (C=O) groups is 1. The first-order valence-electron chi connectivity index (χ1n) is 9.22. The molecule has 0 saturated carbocycles. The van der Waals surface area contributed by atoms with Gasteiger partial charge in [-0.3, -0.25) is 4.79 Å². The number of anilines is 1. The SMILES string of the molecule is O=C(c1cccc(Oc2ccccc2)c1)N1CCN(c2ccccc2)CC1. The van der Waals surface area contributed by atoms with Crippen molar-refractivity contribution in [1.29, 1.82) is 0 Å². The van der Waals surface area contributed by atoms with Crippen LogP contribution in [0, 0.1) is 0 Å².